The molecule has 0 saturated carbocycles. The van der Waals surface area contributed by atoms with Gasteiger partial charge in [0.1, 0.15) is 0 Å². The van der Waals surface area contributed by atoms with Crippen LogP contribution in [0.3, 0.4) is 0 Å². The molecule has 0 aliphatic carbocycles. The molecule has 0 saturated heterocycles. The summed E-state index contributed by atoms with van der Waals surface area (Å²) in [7, 11) is 0. The van der Waals surface area contributed by atoms with Gasteiger partial charge in [0.15, 0.2) is 0 Å². The van der Waals surface area contributed by atoms with Gasteiger partial charge < -0.3 is 10.1 Å². The highest BCUT2D eigenvalue weighted by molar-refractivity contribution is 5.77. The molecule has 0 atom stereocenters. The molecule has 6 heteroatoms. The molecule has 1 aromatic rings. The molecule has 0 fully saturated rings. The molecule has 11 heavy (non-hydrogen) atoms. The van der Waals surface area contributed by atoms with Gasteiger partial charge in [0.2, 0.25) is 0 Å². The molecule has 3 N–H and O–H groups in total. The molecular weight excluding hydrogens is 148 g/mol. The molecule has 0 bridgehead atoms. The van der Waals surface area contributed by atoms with E-state index in [1.165, 1.54) is 18.7 Å². The second-order valence-electron chi connectivity index (χ2n) is 1.68. The van der Waals surface area contributed by atoms with Crippen molar-refractivity contribution in [3.63, 3.8) is 0 Å². The lowest BCUT2D eigenvalue weighted by Crippen LogP contribution is -2.13. The summed E-state index contributed by atoms with van der Waals surface area (Å²) in [6.45, 7) is 0. The summed E-state index contributed by atoms with van der Waals surface area (Å²) in [6, 6.07) is 0. The van der Waals surface area contributed by atoms with Crippen LogP contribution in [-0.2, 0) is 0 Å². The van der Waals surface area contributed by atoms with Crippen molar-refractivity contribution in [2.24, 2.45) is 5.10 Å². The van der Waals surface area contributed by atoms with E-state index >= 15 is 0 Å². The molecule has 58 valence electrons. The van der Waals surface area contributed by atoms with Gasteiger partial charge in [0.05, 0.1) is 24.4 Å². The molecule has 1 rings (SSSR count). The van der Waals surface area contributed by atoms with Crippen LogP contribution in [0.5, 0.6) is 0 Å². The average molecular weight is 154 g/mol. The molecule has 0 aliphatic rings. The van der Waals surface area contributed by atoms with E-state index in [-0.39, 0.29) is 0 Å². The lowest BCUT2D eigenvalue weighted by molar-refractivity contribution is 0.195. The molecule has 0 spiro atoms. The highest BCUT2D eigenvalue weighted by Crippen LogP contribution is 1.82. The Labute approximate surface area is 62.0 Å². The van der Waals surface area contributed by atoms with Gasteiger partial charge in [0.25, 0.3) is 0 Å². The number of hydrogen-bond acceptors (Lipinski definition) is 3. The van der Waals surface area contributed by atoms with Gasteiger partial charge in [0, 0.05) is 0 Å². The Balaban J connectivity index is 2.43. The first-order chi connectivity index (χ1) is 5.29. The third-order valence-electron chi connectivity index (χ3n) is 0.883. The summed E-state index contributed by atoms with van der Waals surface area (Å²) in [4.78, 5) is 16.3. The van der Waals surface area contributed by atoms with E-state index in [2.05, 4.69) is 15.1 Å². The number of H-pyrrole nitrogens is 1. The first-order valence-corrected chi connectivity index (χ1v) is 2.79. The molecule has 1 aromatic heterocycles. The number of amides is 1. The second kappa shape index (κ2) is 3.35. The average Bonchev–Trinajstić information content (AvgIpc) is 2.39. The first kappa shape index (κ1) is 7.26. The van der Waals surface area contributed by atoms with E-state index < -0.39 is 6.09 Å². The number of rotatable bonds is 2. The third kappa shape index (κ3) is 2.48. The van der Waals surface area contributed by atoms with Crippen molar-refractivity contribution < 1.29 is 9.90 Å². The van der Waals surface area contributed by atoms with Gasteiger partial charge in [-0.1, -0.05) is 0 Å². The molecular formula is C5H6N4O2. The van der Waals surface area contributed by atoms with E-state index in [0.29, 0.717) is 5.69 Å². The van der Waals surface area contributed by atoms with Crippen molar-refractivity contribution in [2.45, 2.75) is 0 Å². The van der Waals surface area contributed by atoms with Gasteiger partial charge in [-0.25, -0.2) is 15.2 Å². The Morgan fingerprint density at radius 3 is 3.27 bits per heavy atom. The smallest absolute Gasteiger partial charge is 0.425 e. The van der Waals surface area contributed by atoms with Crippen molar-refractivity contribution >= 4 is 12.3 Å². The number of hydrogen-bond donors (Lipinski definition) is 3. The number of aromatic amines is 1. The minimum atomic E-state index is -1.19. The van der Waals surface area contributed by atoms with Crippen LogP contribution in [0.2, 0.25) is 0 Å². The zero-order chi connectivity index (χ0) is 8.10. The molecule has 0 aliphatic heterocycles. The van der Waals surface area contributed by atoms with Crippen molar-refractivity contribution in [3.8, 4) is 0 Å². The number of imidazole rings is 1. The van der Waals surface area contributed by atoms with Crippen molar-refractivity contribution in [2.75, 3.05) is 0 Å². The van der Waals surface area contributed by atoms with Gasteiger partial charge >= 0.3 is 6.09 Å². The third-order valence-corrected chi connectivity index (χ3v) is 0.883. The number of carbonyl (C=O) groups is 1. The lowest BCUT2D eigenvalue weighted by atomic mass is 10.5. The second-order valence-corrected chi connectivity index (χ2v) is 1.68. The number of aromatic nitrogens is 2. The fraction of sp³-hybridized carbons (Fsp3) is 0. The summed E-state index contributed by atoms with van der Waals surface area (Å²) in [6.07, 6.45) is 3.12. The number of nitrogens with one attached hydrogen (secondary N) is 2. The highest BCUT2D eigenvalue weighted by atomic mass is 16.4. The maximum absolute atomic E-state index is 9.88. The fourth-order valence-electron chi connectivity index (χ4n) is 0.494. The highest BCUT2D eigenvalue weighted by Gasteiger charge is 1.88. The predicted octanol–water partition coefficient (Wildman–Crippen LogP) is 0.0112. The zero-order valence-electron chi connectivity index (χ0n) is 5.48. The minimum Gasteiger partial charge on any atom is -0.464 e. The van der Waals surface area contributed by atoms with E-state index in [1.807, 2.05) is 5.43 Å². The summed E-state index contributed by atoms with van der Waals surface area (Å²) in [5.74, 6) is 0. The van der Waals surface area contributed by atoms with Crippen LogP contribution in [-0.4, -0.2) is 27.4 Å². The van der Waals surface area contributed by atoms with Crippen LogP contribution in [0, 0.1) is 0 Å². The first-order valence-electron chi connectivity index (χ1n) is 2.79. The Morgan fingerprint density at radius 2 is 2.73 bits per heavy atom. The zero-order valence-corrected chi connectivity index (χ0v) is 5.48. The standard InChI is InChI=1S/C5H6N4O2/c10-5(11)9-8-2-4-1-6-3-7-4/h1-3,9H,(H,6,7)(H,10,11). The molecule has 0 unspecified atom stereocenters. The quantitative estimate of drug-likeness (QED) is 0.414. The monoisotopic (exact) mass is 154 g/mol. The summed E-state index contributed by atoms with van der Waals surface area (Å²) in [5.41, 5.74) is 2.46. The number of nitrogens with zero attached hydrogens (tertiary/aromatic N) is 2. The van der Waals surface area contributed by atoms with Crippen LogP contribution in [0.25, 0.3) is 0 Å². The Hall–Kier alpha value is -1.85. The van der Waals surface area contributed by atoms with Crippen LogP contribution < -0.4 is 5.43 Å². The maximum atomic E-state index is 9.88. The Morgan fingerprint density at radius 1 is 1.91 bits per heavy atom. The maximum Gasteiger partial charge on any atom is 0.425 e. The summed E-state index contributed by atoms with van der Waals surface area (Å²) < 4.78 is 0. The van der Waals surface area contributed by atoms with Gasteiger partial charge in [-0.2, -0.15) is 5.10 Å². The van der Waals surface area contributed by atoms with Crippen LogP contribution >= 0.6 is 0 Å². The van der Waals surface area contributed by atoms with E-state index in [4.69, 9.17) is 5.11 Å². The molecule has 1 amide bonds. The van der Waals surface area contributed by atoms with Crippen molar-refractivity contribution in [3.05, 3.63) is 18.2 Å². The van der Waals surface area contributed by atoms with Crippen molar-refractivity contribution in [1.29, 1.82) is 0 Å². The summed E-state index contributed by atoms with van der Waals surface area (Å²) >= 11 is 0. The van der Waals surface area contributed by atoms with Crippen LogP contribution in [0.1, 0.15) is 5.69 Å². The van der Waals surface area contributed by atoms with Crippen LogP contribution in [0.4, 0.5) is 4.79 Å². The van der Waals surface area contributed by atoms with Crippen LogP contribution in [0.15, 0.2) is 17.6 Å². The number of carboxylic acid groups (broad SMARTS) is 1. The minimum absolute atomic E-state index is 0.638. The molecule has 1 heterocycles. The van der Waals surface area contributed by atoms with E-state index in [9.17, 15) is 4.79 Å². The Kier molecular flexibility index (Phi) is 2.21. The lowest BCUT2D eigenvalue weighted by Gasteiger charge is -1.86. The predicted molar refractivity (Wildman–Crippen MR) is 37.3 cm³/mol. The van der Waals surface area contributed by atoms with Crippen molar-refractivity contribution in [1.82, 2.24) is 15.4 Å². The SMILES string of the molecule is O=C(O)NN=Cc1cnc[nH]1. The van der Waals surface area contributed by atoms with E-state index in [1.54, 1.807) is 0 Å². The normalized spacial score (nSPS) is 10.2. The van der Waals surface area contributed by atoms with E-state index in [0.717, 1.165) is 0 Å². The number of hydrazone groups is 1. The molecule has 0 radical (unpaired) electrons. The fourth-order valence-corrected chi connectivity index (χ4v) is 0.494. The van der Waals surface area contributed by atoms with Gasteiger partial charge in [-0.15, -0.1) is 0 Å². The van der Waals surface area contributed by atoms with Gasteiger partial charge in [-0.05, 0) is 0 Å². The molecule has 6 nitrogen and oxygen atoms in total. The Bertz CT molecular complexity index is 253. The molecule has 0 aromatic carbocycles. The largest absolute Gasteiger partial charge is 0.464 e. The topological polar surface area (TPSA) is 90.4 Å². The summed E-state index contributed by atoms with van der Waals surface area (Å²) in [5, 5.41) is 11.5. The van der Waals surface area contributed by atoms with Gasteiger partial charge in [-0.3, -0.25) is 0 Å².